The molecule has 0 aliphatic heterocycles. The van der Waals surface area contributed by atoms with Crippen molar-refractivity contribution in [2.24, 2.45) is 0 Å². The fourth-order valence-electron chi connectivity index (χ4n) is 2.11. The van der Waals surface area contributed by atoms with Crippen LogP contribution in [0.5, 0.6) is 11.5 Å². The molecule has 22 heavy (non-hydrogen) atoms. The Kier molecular flexibility index (Phi) is 5.49. The van der Waals surface area contributed by atoms with Crippen LogP contribution in [0.2, 0.25) is 0 Å². The van der Waals surface area contributed by atoms with E-state index in [1.165, 1.54) is 6.26 Å². The van der Waals surface area contributed by atoms with Gasteiger partial charge in [-0.25, -0.2) is 0 Å². The maximum absolute atomic E-state index is 12.0. The second-order valence-electron chi connectivity index (χ2n) is 4.69. The molecule has 0 radical (unpaired) electrons. The van der Waals surface area contributed by atoms with Crippen LogP contribution in [0.1, 0.15) is 21.7 Å². The zero-order valence-corrected chi connectivity index (χ0v) is 14.3. The molecule has 0 saturated heterocycles. The third-order valence-corrected chi connectivity index (χ3v) is 4.07. The van der Waals surface area contributed by atoms with Gasteiger partial charge in [0.25, 0.3) is 5.91 Å². The van der Waals surface area contributed by atoms with Crippen LogP contribution in [0.15, 0.2) is 33.4 Å². The van der Waals surface area contributed by atoms with E-state index in [1.54, 1.807) is 27.2 Å². The molecule has 0 spiro atoms. The van der Waals surface area contributed by atoms with Gasteiger partial charge in [0.1, 0.15) is 5.76 Å². The number of ether oxygens (including phenoxy) is 2. The summed E-state index contributed by atoms with van der Waals surface area (Å²) in [5, 5.41) is 2.88. The van der Waals surface area contributed by atoms with Crippen molar-refractivity contribution in [3.8, 4) is 11.5 Å². The molecule has 0 fully saturated rings. The van der Waals surface area contributed by atoms with Crippen molar-refractivity contribution < 1.29 is 18.7 Å². The zero-order chi connectivity index (χ0) is 16.1. The van der Waals surface area contributed by atoms with Gasteiger partial charge >= 0.3 is 0 Å². The van der Waals surface area contributed by atoms with E-state index in [2.05, 4.69) is 21.2 Å². The maximum atomic E-state index is 12.0. The lowest BCUT2D eigenvalue weighted by atomic mass is 10.1. The molecule has 0 bridgehead atoms. The summed E-state index contributed by atoms with van der Waals surface area (Å²) in [5.74, 6) is 1.81. The first kappa shape index (κ1) is 16.4. The molecule has 1 heterocycles. The molecule has 1 aromatic heterocycles. The lowest BCUT2D eigenvalue weighted by Gasteiger charge is -2.12. The molecule has 0 aliphatic carbocycles. The average molecular weight is 368 g/mol. The summed E-state index contributed by atoms with van der Waals surface area (Å²) in [4.78, 5) is 12.0. The van der Waals surface area contributed by atoms with Crippen LogP contribution in [0, 0.1) is 6.92 Å². The summed E-state index contributed by atoms with van der Waals surface area (Å²) < 4.78 is 16.6. The first-order valence-corrected chi connectivity index (χ1v) is 7.58. The van der Waals surface area contributed by atoms with Crippen molar-refractivity contribution in [3.05, 3.63) is 45.8 Å². The number of halogens is 1. The average Bonchev–Trinajstić information content (AvgIpc) is 2.94. The minimum Gasteiger partial charge on any atom is -0.493 e. The third kappa shape index (κ3) is 3.62. The third-order valence-electron chi connectivity index (χ3n) is 3.34. The molecule has 5 nitrogen and oxygen atoms in total. The summed E-state index contributed by atoms with van der Waals surface area (Å²) in [6.07, 6.45) is 2.18. The maximum Gasteiger partial charge on any atom is 0.254 e. The van der Waals surface area contributed by atoms with Crippen LogP contribution in [-0.4, -0.2) is 26.7 Å². The minimum absolute atomic E-state index is 0.136. The van der Waals surface area contributed by atoms with Crippen molar-refractivity contribution in [2.75, 3.05) is 20.8 Å². The van der Waals surface area contributed by atoms with Crippen LogP contribution in [0.3, 0.4) is 0 Å². The Morgan fingerprint density at radius 2 is 1.95 bits per heavy atom. The number of methoxy groups -OCH3 is 2. The number of nitrogens with one attached hydrogen (secondary N) is 1. The van der Waals surface area contributed by atoms with E-state index < -0.39 is 0 Å². The number of hydrogen-bond acceptors (Lipinski definition) is 4. The van der Waals surface area contributed by atoms with Crippen LogP contribution < -0.4 is 14.8 Å². The van der Waals surface area contributed by atoms with Crippen LogP contribution in [0.25, 0.3) is 0 Å². The molecular weight excluding hydrogens is 350 g/mol. The van der Waals surface area contributed by atoms with Gasteiger partial charge in [-0.05, 0) is 37.1 Å². The Morgan fingerprint density at radius 1 is 1.27 bits per heavy atom. The Balaban J connectivity index is 2.00. The Hall–Kier alpha value is -1.95. The Labute approximate surface area is 137 Å². The summed E-state index contributed by atoms with van der Waals surface area (Å²) in [6.45, 7) is 2.28. The van der Waals surface area contributed by atoms with Gasteiger partial charge in [0.05, 0.1) is 26.0 Å². The van der Waals surface area contributed by atoms with Crippen molar-refractivity contribution in [2.45, 2.75) is 13.3 Å². The van der Waals surface area contributed by atoms with E-state index in [0.29, 0.717) is 35.8 Å². The number of furan rings is 1. The topological polar surface area (TPSA) is 60.7 Å². The fourth-order valence-corrected chi connectivity index (χ4v) is 2.63. The number of amides is 1. The number of rotatable bonds is 6. The molecule has 0 unspecified atom stereocenters. The molecule has 1 amide bonds. The number of benzene rings is 1. The quantitative estimate of drug-likeness (QED) is 0.850. The predicted octanol–water partition coefficient (Wildman–Crippen LogP) is 3.34. The van der Waals surface area contributed by atoms with Gasteiger partial charge in [0, 0.05) is 11.0 Å². The number of carbonyl (C=O) groups is 1. The highest BCUT2D eigenvalue weighted by molar-refractivity contribution is 9.10. The van der Waals surface area contributed by atoms with Gasteiger partial charge in [-0.15, -0.1) is 0 Å². The van der Waals surface area contributed by atoms with Gasteiger partial charge in [-0.1, -0.05) is 15.9 Å². The number of hydrogen-bond donors (Lipinski definition) is 1. The van der Waals surface area contributed by atoms with E-state index in [9.17, 15) is 4.79 Å². The largest absolute Gasteiger partial charge is 0.493 e. The molecule has 1 N–H and O–H groups in total. The van der Waals surface area contributed by atoms with Crippen molar-refractivity contribution in [1.82, 2.24) is 5.32 Å². The van der Waals surface area contributed by atoms with Gasteiger partial charge < -0.3 is 19.2 Å². The summed E-state index contributed by atoms with van der Waals surface area (Å²) in [6, 6.07) is 5.42. The van der Waals surface area contributed by atoms with Crippen molar-refractivity contribution >= 4 is 21.8 Å². The van der Waals surface area contributed by atoms with Crippen LogP contribution in [-0.2, 0) is 6.42 Å². The molecule has 0 saturated carbocycles. The van der Waals surface area contributed by atoms with Gasteiger partial charge in [-0.2, -0.15) is 0 Å². The minimum atomic E-state index is -0.136. The van der Waals surface area contributed by atoms with E-state index in [-0.39, 0.29) is 5.91 Å². The van der Waals surface area contributed by atoms with Gasteiger partial charge in [-0.3, -0.25) is 4.79 Å². The molecule has 2 rings (SSSR count). The normalized spacial score (nSPS) is 10.4. The van der Waals surface area contributed by atoms with Crippen molar-refractivity contribution in [3.63, 3.8) is 0 Å². The van der Waals surface area contributed by atoms with E-state index >= 15 is 0 Å². The standard InChI is InChI=1S/C16H18BrNO4/c1-10-12(5-7-22-10)16(19)18-6-4-11-8-14(20-2)15(21-3)9-13(11)17/h5,7-9H,4,6H2,1-3H3,(H,18,19). The highest BCUT2D eigenvalue weighted by Crippen LogP contribution is 2.33. The number of aryl methyl sites for hydroxylation is 1. The van der Waals surface area contributed by atoms with Crippen molar-refractivity contribution in [1.29, 1.82) is 0 Å². The molecular formula is C16H18BrNO4. The highest BCUT2D eigenvalue weighted by Gasteiger charge is 2.12. The first-order valence-electron chi connectivity index (χ1n) is 6.79. The lowest BCUT2D eigenvalue weighted by molar-refractivity contribution is 0.0952. The second-order valence-corrected chi connectivity index (χ2v) is 5.55. The Bertz CT molecular complexity index is 666. The molecule has 2 aromatic rings. The summed E-state index contributed by atoms with van der Waals surface area (Å²) >= 11 is 3.51. The van der Waals surface area contributed by atoms with Crippen LogP contribution >= 0.6 is 15.9 Å². The summed E-state index contributed by atoms with van der Waals surface area (Å²) in [7, 11) is 3.19. The first-order chi connectivity index (χ1) is 10.6. The number of carbonyl (C=O) groups excluding carboxylic acids is 1. The highest BCUT2D eigenvalue weighted by atomic mass is 79.9. The molecule has 6 heteroatoms. The van der Waals surface area contributed by atoms with Gasteiger partial charge in [0.15, 0.2) is 11.5 Å². The molecule has 118 valence electrons. The SMILES string of the molecule is COc1cc(Br)c(CCNC(=O)c2ccoc2C)cc1OC. The van der Waals surface area contributed by atoms with E-state index in [4.69, 9.17) is 13.9 Å². The van der Waals surface area contributed by atoms with Crippen LogP contribution in [0.4, 0.5) is 0 Å². The fraction of sp³-hybridized carbons (Fsp3) is 0.312. The molecule has 0 atom stereocenters. The second kappa shape index (κ2) is 7.35. The Morgan fingerprint density at radius 3 is 2.55 bits per heavy atom. The lowest BCUT2D eigenvalue weighted by Crippen LogP contribution is -2.25. The monoisotopic (exact) mass is 367 g/mol. The molecule has 1 aromatic carbocycles. The van der Waals surface area contributed by atoms with E-state index in [0.717, 1.165) is 10.0 Å². The smallest absolute Gasteiger partial charge is 0.254 e. The van der Waals surface area contributed by atoms with E-state index in [1.807, 2.05) is 12.1 Å². The van der Waals surface area contributed by atoms with Gasteiger partial charge in [0.2, 0.25) is 0 Å². The zero-order valence-electron chi connectivity index (χ0n) is 12.7. The predicted molar refractivity (Wildman–Crippen MR) is 86.7 cm³/mol. The summed E-state index contributed by atoms with van der Waals surface area (Å²) in [5.41, 5.74) is 1.59. The molecule has 0 aliphatic rings.